The van der Waals surface area contributed by atoms with Crippen LogP contribution in [0.4, 0.5) is 0 Å². The fraction of sp³-hybridized carbons (Fsp3) is 0.400. The Bertz CT molecular complexity index is 956. The lowest BCUT2D eigenvalue weighted by molar-refractivity contribution is 0.159. The SMILES string of the molecule is C/C(COCCc1ccc(-c2noc(C)n2)c(C)c1)=C(\C)c1noc(C)n1. The molecule has 142 valence electrons. The van der Waals surface area contributed by atoms with Gasteiger partial charge in [0, 0.05) is 19.4 Å². The molecule has 0 radical (unpaired) electrons. The molecule has 1 aromatic carbocycles. The molecule has 0 bridgehead atoms. The zero-order valence-corrected chi connectivity index (χ0v) is 16.4. The molecule has 0 saturated heterocycles. The molecule has 2 aromatic heterocycles. The van der Waals surface area contributed by atoms with Crippen LogP contribution >= 0.6 is 0 Å². The number of allylic oxidation sites excluding steroid dienone is 1. The second-order valence-electron chi connectivity index (χ2n) is 6.63. The second-order valence-corrected chi connectivity index (χ2v) is 6.63. The summed E-state index contributed by atoms with van der Waals surface area (Å²) in [5.41, 5.74) is 5.40. The van der Waals surface area contributed by atoms with Crippen LogP contribution in [0.25, 0.3) is 17.0 Å². The van der Waals surface area contributed by atoms with Gasteiger partial charge in [-0.1, -0.05) is 28.5 Å². The molecular formula is C20H24N4O3. The molecule has 3 aromatic rings. The van der Waals surface area contributed by atoms with Crippen LogP contribution in [-0.2, 0) is 11.2 Å². The first-order valence-electron chi connectivity index (χ1n) is 8.89. The molecule has 0 aliphatic carbocycles. The van der Waals surface area contributed by atoms with Gasteiger partial charge in [0.1, 0.15) is 0 Å². The Kier molecular flexibility index (Phi) is 5.81. The Labute approximate surface area is 158 Å². The number of hydrogen-bond acceptors (Lipinski definition) is 7. The highest BCUT2D eigenvalue weighted by molar-refractivity contribution is 5.61. The van der Waals surface area contributed by atoms with Gasteiger partial charge in [0.05, 0.1) is 13.2 Å². The summed E-state index contributed by atoms with van der Waals surface area (Å²) in [5.74, 6) is 2.38. The first-order valence-corrected chi connectivity index (χ1v) is 8.89. The van der Waals surface area contributed by atoms with Crippen LogP contribution in [0.2, 0.25) is 0 Å². The molecule has 0 saturated carbocycles. The summed E-state index contributed by atoms with van der Waals surface area (Å²) in [6.07, 6.45) is 0.833. The topological polar surface area (TPSA) is 87.1 Å². The summed E-state index contributed by atoms with van der Waals surface area (Å²) >= 11 is 0. The van der Waals surface area contributed by atoms with Crippen LogP contribution in [0.3, 0.4) is 0 Å². The van der Waals surface area contributed by atoms with Crippen molar-refractivity contribution in [2.45, 2.75) is 41.0 Å². The molecule has 2 heterocycles. The van der Waals surface area contributed by atoms with Crippen molar-refractivity contribution in [1.29, 1.82) is 0 Å². The van der Waals surface area contributed by atoms with Gasteiger partial charge in [-0.15, -0.1) is 0 Å². The van der Waals surface area contributed by atoms with E-state index in [-0.39, 0.29) is 0 Å². The van der Waals surface area contributed by atoms with E-state index in [0.29, 0.717) is 36.6 Å². The standard InChI is InChI=1S/C20H24N4O3/c1-12-10-17(6-7-18(12)20-22-16(5)27-24-20)8-9-25-11-13(2)14(3)19-21-15(4)26-23-19/h6-7,10H,8-9,11H2,1-5H3/b14-13-. The molecule has 0 spiro atoms. The van der Waals surface area contributed by atoms with Crippen LogP contribution in [0.15, 0.2) is 32.8 Å². The lowest BCUT2D eigenvalue weighted by Gasteiger charge is -2.08. The maximum atomic E-state index is 5.82. The summed E-state index contributed by atoms with van der Waals surface area (Å²) < 4.78 is 15.9. The monoisotopic (exact) mass is 368 g/mol. The number of ether oxygens (including phenoxy) is 1. The van der Waals surface area contributed by atoms with Gasteiger partial charge in [-0.05, 0) is 49.5 Å². The Morgan fingerprint density at radius 2 is 1.74 bits per heavy atom. The molecule has 0 unspecified atom stereocenters. The highest BCUT2D eigenvalue weighted by atomic mass is 16.5. The lowest BCUT2D eigenvalue weighted by atomic mass is 10.0. The first kappa shape index (κ1) is 19.0. The van der Waals surface area contributed by atoms with Gasteiger partial charge in [0.15, 0.2) is 5.82 Å². The van der Waals surface area contributed by atoms with E-state index in [0.717, 1.165) is 28.7 Å². The summed E-state index contributed by atoms with van der Waals surface area (Å²) in [6.45, 7) is 10.8. The van der Waals surface area contributed by atoms with Crippen molar-refractivity contribution in [2.24, 2.45) is 0 Å². The van der Waals surface area contributed by atoms with Gasteiger partial charge in [-0.25, -0.2) is 0 Å². The molecule has 7 nitrogen and oxygen atoms in total. The highest BCUT2D eigenvalue weighted by Gasteiger charge is 2.10. The summed E-state index contributed by atoms with van der Waals surface area (Å²) in [5, 5.41) is 7.92. The smallest absolute Gasteiger partial charge is 0.223 e. The van der Waals surface area contributed by atoms with E-state index in [1.54, 1.807) is 13.8 Å². The molecular weight excluding hydrogens is 344 g/mol. The molecule has 0 aliphatic rings. The minimum Gasteiger partial charge on any atom is -0.377 e. The molecule has 7 heteroatoms. The van der Waals surface area contributed by atoms with Crippen LogP contribution in [0, 0.1) is 20.8 Å². The summed E-state index contributed by atoms with van der Waals surface area (Å²) in [7, 11) is 0. The maximum absolute atomic E-state index is 5.82. The zero-order valence-electron chi connectivity index (χ0n) is 16.4. The summed E-state index contributed by atoms with van der Waals surface area (Å²) in [4.78, 5) is 8.53. The van der Waals surface area contributed by atoms with Crippen LogP contribution in [0.1, 0.15) is 42.6 Å². The van der Waals surface area contributed by atoms with Crippen LogP contribution in [0.5, 0.6) is 0 Å². The predicted octanol–water partition coefficient (Wildman–Crippen LogP) is 4.10. The molecule has 0 aliphatic heterocycles. The quantitative estimate of drug-likeness (QED) is 0.580. The first-order chi connectivity index (χ1) is 12.9. The van der Waals surface area contributed by atoms with Crippen molar-refractivity contribution in [3.63, 3.8) is 0 Å². The number of aryl methyl sites for hydroxylation is 3. The van der Waals surface area contributed by atoms with Crippen molar-refractivity contribution in [3.8, 4) is 11.4 Å². The molecule has 0 N–H and O–H groups in total. The second kappa shape index (κ2) is 8.26. The molecule has 3 rings (SSSR count). The third kappa shape index (κ3) is 4.68. The van der Waals surface area contributed by atoms with Crippen molar-refractivity contribution in [1.82, 2.24) is 20.3 Å². The minimum atomic E-state index is 0.540. The van der Waals surface area contributed by atoms with E-state index >= 15 is 0 Å². The summed E-state index contributed by atoms with van der Waals surface area (Å²) in [6, 6.07) is 6.25. The zero-order chi connectivity index (χ0) is 19.4. The Morgan fingerprint density at radius 1 is 1.00 bits per heavy atom. The number of rotatable bonds is 7. The van der Waals surface area contributed by atoms with E-state index in [2.05, 4.69) is 39.3 Å². The van der Waals surface area contributed by atoms with Gasteiger partial charge in [0.2, 0.25) is 17.6 Å². The number of benzene rings is 1. The molecule has 0 amide bonds. The maximum Gasteiger partial charge on any atom is 0.223 e. The van der Waals surface area contributed by atoms with E-state index in [1.807, 2.05) is 19.9 Å². The van der Waals surface area contributed by atoms with Gasteiger partial charge in [0.25, 0.3) is 0 Å². The van der Waals surface area contributed by atoms with E-state index in [4.69, 9.17) is 13.8 Å². The number of aromatic nitrogens is 4. The van der Waals surface area contributed by atoms with E-state index < -0.39 is 0 Å². The number of nitrogens with zero attached hydrogens (tertiary/aromatic N) is 4. The molecule has 0 fully saturated rings. The minimum absolute atomic E-state index is 0.540. The lowest BCUT2D eigenvalue weighted by Crippen LogP contribution is -2.03. The average molecular weight is 368 g/mol. The average Bonchev–Trinajstić information content (AvgIpc) is 3.26. The third-order valence-corrected chi connectivity index (χ3v) is 4.42. The highest BCUT2D eigenvalue weighted by Crippen LogP contribution is 2.22. The van der Waals surface area contributed by atoms with Crippen molar-refractivity contribution >= 4 is 5.57 Å². The normalized spacial score (nSPS) is 12.3. The molecule has 27 heavy (non-hydrogen) atoms. The Balaban J connectivity index is 1.54. The third-order valence-electron chi connectivity index (χ3n) is 4.42. The van der Waals surface area contributed by atoms with Gasteiger partial charge in [-0.2, -0.15) is 9.97 Å². The fourth-order valence-electron chi connectivity index (χ4n) is 2.71. The van der Waals surface area contributed by atoms with E-state index in [9.17, 15) is 0 Å². The Morgan fingerprint density at radius 3 is 2.37 bits per heavy atom. The molecule has 0 atom stereocenters. The largest absolute Gasteiger partial charge is 0.377 e. The Hall–Kier alpha value is -2.80. The number of hydrogen-bond donors (Lipinski definition) is 0. The predicted molar refractivity (Wildman–Crippen MR) is 101 cm³/mol. The van der Waals surface area contributed by atoms with Crippen molar-refractivity contribution in [2.75, 3.05) is 13.2 Å². The fourth-order valence-corrected chi connectivity index (χ4v) is 2.71. The van der Waals surface area contributed by atoms with Crippen LogP contribution in [-0.4, -0.2) is 33.5 Å². The van der Waals surface area contributed by atoms with Crippen molar-refractivity contribution < 1.29 is 13.8 Å². The van der Waals surface area contributed by atoms with Gasteiger partial charge < -0.3 is 13.8 Å². The van der Waals surface area contributed by atoms with Gasteiger partial charge >= 0.3 is 0 Å². The van der Waals surface area contributed by atoms with Gasteiger partial charge in [-0.3, -0.25) is 0 Å². The van der Waals surface area contributed by atoms with Crippen molar-refractivity contribution in [3.05, 3.63) is 52.5 Å². The van der Waals surface area contributed by atoms with E-state index in [1.165, 1.54) is 5.56 Å². The van der Waals surface area contributed by atoms with Crippen LogP contribution < -0.4 is 0 Å².